The molecule has 0 bridgehead atoms. The minimum atomic E-state index is -0.559. The Morgan fingerprint density at radius 3 is 2.81 bits per heavy atom. The molecule has 8 nitrogen and oxygen atoms in total. The van der Waals surface area contributed by atoms with Crippen LogP contribution in [-0.2, 0) is 20.8 Å². The van der Waals surface area contributed by atoms with Crippen LogP contribution in [0.25, 0.3) is 0 Å². The number of rotatable bonds is 8. The van der Waals surface area contributed by atoms with E-state index < -0.39 is 6.29 Å². The van der Waals surface area contributed by atoms with Crippen LogP contribution >= 0.6 is 11.3 Å². The van der Waals surface area contributed by atoms with Gasteiger partial charge in [0.2, 0.25) is 12.2 Å². The molecule has 0 unspecified atom stereocenters. The SMILES string of the molecule is CCOC(OCC)c1cn(CC(=O)Nc2nccs2)nn1. The zero-order chi connectivity index (χ0) is 15.1. The van der Waals surface area contributed by atoms with Gasteiger partial charge >= 0.3 is 0 Å². The molecule has 0 aliphatic carbocycles. The molecule has 0 saturated heterocycles. The summed E-state index contributed by atoms with van der Waals surface area (Å²) in [6, 6.07) is 0. The van der Waals surface area contributed by atoms with Crippen LogP contribution in [-0.4, -0.2) is 39.1 Å². The Bertz CT molecular complexity index is 551. The molecular formula is C12H17N5O3S. The van der Waals surface area contributed by atoms with Crippen LogP contribution in [0.3, 0.4) is 0 Å². The molecule has 1 N–H and O–H groups in total. The average Bonchev–Trinajstić information content (AvgIpc) is 3.10. The monoisotopic (exact) mass is 311 g/mol. The van der Waals surface area contributed by atoms with E-state index in [-0.39, 0.29) is 12.5 Å². The van der Waals surface area contributed by atoms with Gasteiger partial charge in [0.1, 0.15) is 12.2 Å². The van der Waals surface area contributed by atoms with Gasteiger partial charge in [0.25, 0.3) is 0 Å². The van der Waals surface area contributed by atoms with E-state index in [1.54, 1.807) is 17.8 Å². The van der Waals surface area contributed by atoms with Crippen molar-refractivity contribution in [3.8, 4) is 0 Å². The van der Waals surface area contributed by atoms with Crippen molar-refractivity contribution in [1.29, 1.82) is 0 Å². The second-order valence-corrected chi connectivity index (χ2v) is 4.86. The van der Waals surface area contributed by atoms with Gasteiger partial charge in [-0.25, -0.2) is 9.67 Å². The largest absolute Gasteiger partial charge is 0.347 e. The quantitative estimate of drug-likeness (QED) is 0.742. The first-order chi connectivity index (χ1) is 10.2. The second kappa shape index (κ2) is 7.81. The number of nitrogens with zero attached hydrogens (tertiary/aromatic N) is 4. The number of carbonyl (C=O) groups is 1. The normalized spacial score (nSPS) is 11.0. The highest BCUT2D eigenvalue weighted by atomic mass is 32.1. The van der Waals surface area contributed by atoms with E-state index in [9.17, 15) is 4.79 Å². The number of amides is 1. The molecule has 0 fully saturated rings. The van der Waals surface area contributed by atoms with E-state index in [4.69, 9.17) is 9.47 Å². The predicted molar refractivity (Wildman–Crippen MR) is 76.8 cm³/mol. The molecule has 9 heteroatoms. The fourth-order valence-corrected chi connectivity index (χ4v) is 2.16. The van der Waals surface area contributed by atoms with Crippen LogP contribution in [0.2, 0.25) is 0 Å². The lowest BCUT2D eigenvalue weighted by Gasteiger charge is -2.13. The summed E-state index contributed by atoms with van der Waals surface area (Å²) in [4.78, 5) is 15.8. The maximum Gasteiger partial charge on any atom is 0.247 e. The molecule has 0 aliphatic heterocycles. The minimum Gasteiger partial charge on any atom is -0.347 e. The molecule has 21 heavy (non-hydrogen) atoms. The number of aromatic nitrogens is 4. The molecule has 0 atom stereocenters. The van der Waals surface area contributed by atoms with Crippen LogP contribution < -0.4 is 5.32 Å². The third-order valence-electron chi connectivity index (χ3n) is 2.42. The first-order valence-electron chi connectivity index (χ1n) is 6.55. The Morgan fingerprint density at radius 1 is 1.43 bits per heavy atom. The topological polar surface area (TPSA) is 91.2 Å². The molecule has 1 amide bonds. The Labute approximate surface area is 126 Å². The second-order valence-electron chi connectivity index (χ2n) is 3.97. The number of anilines is 1. The molecule has 0 aromatic carbocycles. The summed E-state index contributed by atoms with van der Waals surface area (Å²) < 4.78 is 12.3. The fraction of sp³-hybridized carbons (Fsp3) is 0.500. The summed E-state index contributed by atoms with van der Waals surface area (Å²) >= 11 is 1.36. The third kappa shape index (κ3) is 4.59. The van der Waals surface area contributed by atoms with Gasteiger partial charge in [0, 0.05) is 24.8 Å². The van der Waals surface area contributed by atoms with E-state index in [1.807, 2.05) is 13.8 Å². The molecule has 2 heterocycles. The average molecular weight is 311 g/mol. The van der Waals surface area contributed by atoms with E-state index in [0.717, 1.165) is 0 Å². The summed E-state index contributed by atoms with van der Waals surface area (Å²) in [5.74, 6) is -0.217. The van der Waals surface area contributed by atoms with Crippen LogP contribution in [0, 0.1) is 0 Å². The van der Waals surface area contributed by atoms with Crippen molar-refractivity contribution in [3.05, 3.63) is 23.5 Å². The molecule has 114 valence electrons. The maximum absolute atomic E-state index is 11.8. The molecule has 0 radical (unpaired) electrons. The van der Waals surface area contributed by atoms with Crippen molar-refractivity contribution in [2.24, 2.45) is 0 Å². The Morgan fingerprint density at radius 2 is 2.19 bits per heavy atom. The first kappa shape index (κ1) is 15.5. The first-order valence-corrected chi connectivity index (χ1v) is 7.43. The number of hydrogen-bond donors (Lipinski definition) is 1. The summed E-state index contributed by atoms with van der Waals surface area (Å²) in [7, 11) is 0. The van der Waals surface area contributed by atoms with Crippen LogP contribution in [0.1, 0.15) is 25.8 Å². The van der Waals surface area contributed by atoms with Gasteiger partial charge in [-0.3, -0.25) is 4.79 Å². The van der Waals surface area contributed by atoms with E-state index in [1.165, 1.54) is 16.0 Å². The van der Waals surface area contributed by atoms with Gasteiger partial charge in [0.05, 0.1) is 6.20 Å². The zero-order valence-corrected chi connectivity index (χ0v) is 12.7. The van der Waals surface area contributed by atoms with Crippen molar-refractivity contribution >= 4 is 22.4 Å². The molecular weight excluding hydrogens is 294 g/mol. The molecule has 0 spiro atoms. The number of thiazole rings is 1. The summed E-state index contributed by atoms with van der Waals surface area (Å²) in [5.41, 5.74) is 0.542. The Kier molecular flexibility index (Phi) is 5.78. The van der Waals surface area contributed by atoms with E-state index in [0.29, 0.717) is 24.0 Å². The van der Waals surface area contributed by atoms with Crippen LogP contribution in [0.4, 0.5) is 5.13 Å². The van der Waals surface area contributed by atoms with E-state index in [2.05, 4.69) is 20.6 Å². The third-order valence-corrected chi connectivity index (χ3v) is 3.11. The lowest BCUT2D eigenvalue weighted by molar-refractivity contribution is -0.142. The fourth-order valence-electron chi connectivity index (χ4n) is 1.61. The smallest absolute Gasteiger partial charge is 0.247 e. The molecule has 0 saturated carbocycles. The van der Waals surface area contributed by atoms with Crippen molar-refractivity contribution in [2.75, 3.05) is 18.5 Å². The molecule has 2 aromatic heterocycles. The van der Waals surface area contributed by atoms with Gasteiger partial charge in [-0.1, -0.05) is 5.21 Å². The maximum atomic E-state index is 11.8. The molecule has 0 aliphatic rings. The Balaban J connectivity index is 1.94. The highest BCUT2D eigenvalue weighted by Crippen LogP contribution is 2.16. The van der Waals surface area contributed by atoms with Crippen molar-refractivity contribution in [2.45, 2.75) is 26.7 Å². The summed E-state index contributed by atoms with van der Waals surface area (Å²) in [6.07, 6.45) is 2.70. The number of nitrogens with one attached hydrogen (secondary N) is 1. The standard InChI is InChI=1S/C12H17N5O3S/c1-3-19-11(20-4-2)9-7-17(16-15-9)8-10(18)14-12-13-5-6-21-12/h5-7,11H,3-4,8H2,1-2H3,(H,13,14,18). The number of hydrogen-bond acceptors (Lipinski definition) is 7. The van der Waals surface area contributed by atoms with Gasteiger partial charge < -0.3 is 14.8 Å². The number of ether oxygens (including phenoxy) is 2. The van der Waals surface area contributed by atoms with E-state index >= 15 is 0 Å². The van der Waals surface area contributed by atoms with Crippen molar-refractivity contribution in [1.82, 2.24) is 20.0 Å². The molecule has 2 aromatic rings. The van der Waals surface area contributed by atoms with Gasteiger partial charge in [0.15, 0.2) is 5.13 Å². The predicted octanol–water partition coefficient (Wildman–Crippen LogP) is 1.44. The Hall–Kier alpha value is -1.84. The summed E-state index contributed by atoms with van der Waals surface area (Å²) in [6.45, 7) is 4.80. The lowest BCUT2D eigenvalue weighted by atomic mass is 10.4. The highest BCUT2D eigenvalue weighted by molar-refractivity contribution is 7.13. The van der Waals surface area contributed by atoms with Crippen LogP contribution in [0.5, 0.6) is 0 Å². The number of carbonyl (C=O) groups excluding carboxylic acids is 1. The minimum absolute atomic E-state index is 0.0531. The van der Waals surface area contributed by atoms with Crippen LogP contribution in [0.15, 0.2) is 17.8 Å². The molecule has 2 rings (SSSR count). The van der Waals surface area contributed by atoms with Gasteiger partial charge in [-0.15, -0.1) is 16.4 Å². The van der Waals surface area contributed by atoms with Gasteiger partial charge in [-0.2, -0.15) is 0 Å². The van der Waals surface area contributed by atoms with Gasteiger partial charge in [-0.05, 0) is 13.8 Å². The highest BCUT2D eigenvalue weighted by Gasteiger charge is 2.16. The lowest BCUT2D eigenvalue weighted by Crippen LogP contribution is -2.19. The van der Waals surface area contributed by atoms with Crippen molar-refractivity contribution < 1.29 is 14.3 Å². The summed E-state index contributed by atoms with van der Waals surface area (Å²) in [5, 5.41) is 12.9. The zero-order valence-electron chi connectivity index (χ0n) is 11.9. The van der Waals surface area contributed by atoms with Crippen molar-refractivity contribution in [3.63, 3.8) is 0 Å².